The first-order valence-electron chi connectivity index (χ1n) is 7.75. The van der Waals surface area contributed by atoms with Crippen LogP contribution in [-0.4, -0.2) is 37.5 Å². The monoisotopic (exact) mass is 275 g/mol. The molecule has 0 aliphatic heterocycles. The standard InChI is InChI=1S/C15H34N2S/c1-17(2,15-16)13-11-9-7-5-3-4-6-8-10-12-14-18/h3-16H2,1-2H3/p+1. The molecule has 0 aromatic rings. The van der Waals surface area contributed by atoms with Gasteiger partial charge < -0.3 is 4.48 Å². The van der Waals surface area contributed by atoms with Crippen LogP contribution in [0.4, 0.5) is 0 Å². The van der Waals surface area contributed by atoms with Gasteiger partial charge in [-0.25, -0.2) is 0 Å². The third kappa shape index (κ3) is 12.7. The molecule has 0 saturated carbocycles. The van der Waals surface area contributed by atoms with Gasteiger partial charge in [-0.2, -0.15) is 12.6 Å². The molecular formula is C15H35N2S+. The third-order valence-electron chi connectivity index (χ3n) is 3.67. The summed E-state index contributed by atoms with van der Waals surface area (Å²) in [6.45, 7) is 1.98. The molecule has 0 atom stereocenters. The lowest BCUT2D eigenvalue weighted by molar-refractivity contribution is -0.890. The number of nitrogens with two attached hydrogens (primary N) is 1. The van der Waals surface area contributed by atoms with Gasteiger partial charge in [0.2, 0.25) is 0 Å². The number of hydrogen-bond donors (Lipinski definition) is 2. The number of nitrogens with zero attached hydrogens (tertiary/aromatic N) is 1. The fraction of sp³-hybridized carbons (Fsp3) is 1.00. The van der Waals surface area contributed by atoms with Crippen LogP contribution in [0.1, 0.15) is 64.2 Å². The molecule has 2 nitrogen and oxygen atoms in total. The Morgan fingerprint density at radius 1 is 0.722 bits per heavy atom. The van der Waals surface area contributed by atoms with E-state index < -0.39 is 0 Å². The summed E-state index contributed by atoms with van der Waals surface area (Å²) in [5, 5.41) is 0. The molecule has 0 radical (unpaired) electrons. The lowest BCUT2D eigenvalue weighted by Gasteiger charge is -2.27. The summed E-state index contributed by atoms with van der Waals surface area (Å²) in [5.74, 6) is 1.05. The molecule has 0 saturated heterocycles. The zero-order valence-corrected chi connectivity index (χ0v) is 13.6. The van der Waals surface area contributed by atoms with Gasteiger partial charge in [0.25, 0.3) is 0 Å². The molecule has 0 rings (SSSR count). The van der Waals surface area contributed by atoms with E-state index in [4.69, 9.17) is 5.73 Å². The first kappa shape index (κ1) is 18.3. The summed E-state index contributed by atoms with van der Waals surface area (Å²) in [6.07, 6.45) is 13.9. The van der Waals surface area contributed by atoms with Crippen molar-refractivity contribution in [2.24, 2.45) is 5.73 Å². The van der Waals surface area contributed by atoms with Gasteiger partial charge in [-0.15, -0.1) is 0 Å². The van der Waals surface area contributed by atoms with Crippen molar-refractivity contribution in [1.82, 2.24) is 0 Å². The Bertz CT molecular complexity index is 172. The lowest BCUT2D eigenvalue weighted by Crippen LogP contribution is -2.44. The molecule has 0 aromatic heterocycles. The fourth-order valence-corrected chi connectivity index (χ4v) is 2.38. The molecule has 0 bridgehead atoms. The van der Waals surface area contributed by atoms with E-state index in [1.165, 1.54) is 70.8 Å². The van der Waals surface area contributed by atoms with Crippen molar-refractivity contribution < 1.29 is 4.48 Å². The van der Waals surface area contributed by atoms with E-state index in [0.717, 1.165) is 16.9 Å². The highest BCUT2D eigenvalue weighted by molar-refractivity contribution is 7.80. The Morgan fingerprint density at radius 2 is 1.11 bits per heavy atom. The Labute approximate surface area is 120 Å². The van der Waals surface area contributed by atoms with Gasteiger partial charge in [0.15, 0.2) is 0 Å². The second-order valence-corrected chi connectivity index (χ2v) is 6.55. The molecule has 2 N–H and O–H groups in total. The zero-order valence-electron chi connectivity index (χ0n) is 12.7. The van der Waals surface area contributed by atoms with Crippen LogP contribution in [0.25, 0.3) is 0 Å². The summed E-state index contributed by atoms with van der Waals surface area (Å²) < 4.78 is 0.963. The summed E-state index contributed by atoms with van der Waals surface area (Å²) in [5.41, 5.74) is 5.70. The van der Waals surface area contributed by atoms with Gasteiger partial charge in [-0.3, -0.25) is 5.73 Å². The molecular weight excluding hydrogens is 240 g/mol. The van der Waals surface area contributed by atoms with Crippen LogP contribution in [0.15, 0.2) is 0 Å². The summed E-state index contributed by atoms with van der Waals surface area (Å²) in [4.78, 5) is 0. The maximum Gasteiger partial charge on any atom is 0.129 e. The van der Waals surface area contributed by atoms with Gasteiger partial charge >= 0.3 is 0 Å². The van der Waals surface area contributed by atoms with E-state index in [2.05, 4.69) is 26.7 Å². The molecule has 0 aromatic carbocycles. The zero-order chi connectivity index (χ0) is 13.7. The van der Waals surface area contributed by atoms with Crippen LogP contribution >= 0.6 is 12.6 Å². The van der Waals surface area contributed by atoms with E-state index in [1.807, 2.05) is 0 Å². The van der Waals surface area contributed by atoms with Crippen LogP contribution in [0, 0.1) is 0 Å². The largest absolute Gasteiger partial charge is 0.316 e. The van der Waals surface area contributed by atoms with Gasteiger partial charge in [-0.1, -0.05) is 44.9 Å². The van der Waals surface area contributed by atoms with Crippen molar-refractivity contribution in [2.75, 3.05) is 33.1 Å². The topological polar surface area (TPSA) is 26.0 Å². The Balaban J connectivity index is 3.08. The molecule has 0 spiro atoms. The molecule has 110 valence electrons. The first-order chi connectivity index (χ1) is 8.62. The highest BCUT2D eigenvalue weighted by Crippen LogP contribution is 2.11. The van der Waals surface area contributed by atoms with E-state index in [1.54, 1.807) is 0 Å². The molecule has 0 heterocycles. The van der Waals surface area contributed by atoms with Gasteiger partial charge in [0, 0.05) is 0 Å². The van der Waals surface area contributed by atoms with E-state index >= 15 is 0 Å². The highest BCUT2D eigenvalue weighted by atomic mass is 32.1. The SMILES string of the molecule is C[N+](C)(CN)CCCCCCCCCCCCS. The number of hydrogen-bond acceptors (Lipinski definition) is 2. The quantitative estimate of drug-likeness (QED) is 0.227. The van der Waals surface area contributed by atoms with Crippen molar-refractivity contribution >= 4 is 12.6 Å². The minimum absolute atomic E-state index is 0.756. The predicted octanol–water partition coefficient (Wildman–Crippen LogP) is 3.81. The van der Waals surface area contributed by atoms with Crippen molar-refractivity contribution in [3.05, 3.63) is 0 Å². The normalized spacial score (nSPS) is 12.0. The van der Waals surface area contributed by atoms with Crippen molar-refractivity contribution in [3.63, 3.8) is 0 Å². The minimum atomic E-state index is 0.756. The third-order valence-corrected chi connectivity index (χ3v) is 3.98. The van der Waals surface area contributed by atoms with Crippen molar-refractivity contribution in [2.45, 2.75) is 64.2 Å². The molecule has 3 heteroatoms. The van der Waals surface area contributed by atoms with Crippen LogP contribution in [-0.2, 0) is 0 Å². The smallest absolute Gasteiger partial charge is 0.129 e. The van der Waals surface area contributed by atoms with Crippen LogP contribution in [0.2, 0.25) is 0 Å². The number of quaternary nitrogens is 1. The van der Waals surface area contributed by atoms with Gasteiger partial charge in [0.05, 0.1) is 20.6 Å². The highest BCUT2D eigenvalue weighted by Gasteiger charge is 2.10. The Hall–Kier alpha value is 0.270. The van der Waals surface area contributed by atoms with E-state index in [-0.39, 0.29) is 0 Å². The van der Waals surface area contributed by atoms with Crippen LogP contribution < -0.4 is 5.73 Å². The molecule has 0 unspecified atom stereocenters. The fourth-order valence-electron chi connectivity index (χ4n) is 2.16. The average Bonchev–Trinajstić information content (AvgIpc) is 2.36. The molecule has 18 heavy (non-hydrogen) atoms. The molecule has 0 fully saturated rings. The number of thiol groups is 1. The number of rotatable bonds is 13. The summed E-state index contributed by atoms with van der Waals surface area (Å²) in [6, 6.07) is 0. The molecule has 0 aliphatic rings. The number of unbranched alkanes of at least 4 members (excludes halogenated alkanes) is 9. The van der Waals surface area contributed by atoms with Crippen LogP contribution in [0.3, 0.4) is 0 Å². The van der Waals surface area contributed by atoms with Gasteiger partial charge in [-0.05, 0) is 25.0 Å². The maximum atomic E-state index is 5.70. The Kier molecular flexibility index (Phi) is 12.5. The molecule has 0 amide bonds. The van der Waals surface area contributed by atoms with Gasteiger partial charge in [0.1, 0.15) is 6.67 Å². The minimum Gasteiger partial charge on any atom is -0.316 e. The lowest BCUT2D eigenvalue weighted by atomic mass is 10.1. The van der Waals surface area contributed by atoms with E-state index in [0.29, 0.717) is 0 Å². The average molecular weight is 276 g/mol. The summed E-state index contributed by atoms with van der Waals surface area (Å²) >= 11 is 4.23. The van der Waals surface area contributed by atoms with Crippen molar-refractivity contribution in [3.8, 4) is 0 Å². The second kappa shape index (κ2) is 12.3. The maximum absolute atomic E-state index is 5.70. The summed E-state index contributed by atoms with van der Waals surface area (Å²) in [7, 11) is 4.43. The first-order valence-corrected chi connectivity index (χ1v) is 8.38. The molecule has 0 aliphatic carbocycles. The van der Waals surface area contributed by atoms with Crippen LogP contribution in [0.5, 0.6) is 0 Å². The van der Waals surface area contributed by atoms with E-state index in [9.17, 15) is 0 Å². The predicted molar refractivity (Wildman–Crippen MR) is 86.1 cm³/mol. The second-order valence-electron chi connectivity index (χ2n) is 6.10. The Morgan fingerprint density at radius 3 is 1.50 bits per heavy atom. The van der Waals surface area contributed by atoms with Crippen molar-refractivity contribution in [1.29, 1.82) is 0 Å².